The zero-order valence-corrected chi connectivity index (χ0v) is 15.0. The van der Waals surface area contributed by atoms with Crippen LogP contribution in [0.3, 0.4) is 0 Å². The Bertz CT molecular complexity index is 662. The van der Waals surface area contributed by atoms with Gasteiger partial charge >= 0.3 is 0 Å². The van der Waals surface area contributed by atoms with E-state index in [1.54, 1.807) is 11.8 Å². The summed E-state index contributed by atoms with van der Waals surface area (Å²) < 4.78 is 7.65. The Morgan fingerprint density at radius 3 is 2.74 bits per heavy atom. The number of aromatic nitrogens is 2. The van der Waals surface area contributed by atoms with Gasteiger partial charge in [0.2, 0.25) is 5.91 Å². The first-order valence-electron chi connectivity index (χ1n) is 8.18. The van der Waals surface area contributed by atoms with Crippen molar-refractivity contribution in [2.75, 3.05) is 17.7 Å². The normalized spacial score (nSPS) is 27.4. The van der Waals surface area contributed by atoms with Crippen molar-refractivity contribution in [2.24, 2.45) is 5.92 Å². The minimum atomic E-state index is -0.224. The van der Waals surface area contributed by atoms with E-state index in [1.165, 1.54) is 0 Å². The molecule has 23 heavy (non-hydrogen) atoms. The van der Waals surface area contributed by atoms with Gasteiger partial charge in [-0.15, -0.1) is 11.8 Å². The SMILES string of the molecule is CC(C)C1SCC(=O)Nc2c1c(=O)[nH]n2C1CCOC(C)(C)C1. The number of hydrogen-bond donors (Lipinski definition) is 2. The fourth-order valence-electron chi connectivity index (χ4n) is 3.49. The summed E-state index contributed by atoms with van der Waals surface area (Å²) in [6, 6.07) is 0.131. The molecular weight excluding hydrogens is 314 g/mol. The molecule has 7 heteroatoms. The second kappa shape index (κ2) is 6.02. The third kappa shape index (κ3) is 3.21. The number of ether oxygens (including phenoxy) is 1. The van der Waals surface area contributed by atoms with Crippen molar-refractivity contribution in [3.05, 3.63) is 15.9 Å². The molecule has 0 aliphatic carbocycles. The summed E-state index contributed by atoms with van der Waals surface area (Å²) in [6.07, 6.45) is 1.63. The van der Waals surface area contributed by atoms with E-state index >= 15 is 0 Å². The molecule has 2 aliphatic rings. The Labute approximate surface area is 140 Å². The van der Waals surface area contributed by atoms with Gasteiger partial charge < -0.3 is 10.1 Å². The molecule has 0 saturated carbocycles. The van der Waals surface area contributed by atoms with E-state index in [0.717, 1.165) is 12.8 Å². The molecule has 3 heterocycles. The van der Waals surface area contributed by atoms with E-state index in [9.17, 15) is 9.59 Å². The molecule has 6 nitrogen and oxygen atoms in total. The Kier molecular flexibility index (Phi) is 4.35. The van der Waals surface area contributed by atoms with Crippen molar-refractivity contribution in [3.8, 4) is 0 Å². The van der Waals surface area contributed by atoms with Crippen molar-refractivity contribution in [3.63, 3.8) is 0 Å². The molecular formula is C16H25N3O3S. The molecule has 1 fully saturated rings. The van der Waals surface area contributed by atoms with Crippen molar-refractivity contribution in [2.45, 2.75) is 57.4 Å². The first-order valence-corrected chi connectivity index (χ1v) is 9.23. The highest BCUT2D eigenvalue weighted by Gasteiger charge is 2.36. The van der Waals surface area contributed by atoms with E-state index < -0.39 is 0 Å². The molecule has 1 aromatic heterocycles. The first kappa shape index (κ1) is 16.6. The summed E-state index contributed by atoms with van der Waals surface area (Å²) in [5, 5.41) is 5.96. The number of H-pyrrole nitrogens is 1. The smallest absolute Gasteiger partial charge is 0.270 e. The number of nitrogens with one attached hydrogen (secondary N) is 2. The topological polar surface area (TPSA) is 76.1 Å². The second-order valence-corrected chi connectivity index (χ2v) is 8.48. The van der Waals surface area contributed by atoms with Crippen molar-refractivity contribution < 1.29 is 9.53 Å². The number of thioether (sulfide) groups is 1. The van der Waals surface area contributed by atoms with Crippen LogP contribution in [0, 0.1) is 5.92 Å². The number of carbonyl (C=O) groups excluding carboxylic acids is 1. The number of amides is 1. The van der Waals surface area contributed by atoms with Gasteiger partial charge in [0, 0.05) is 11.9 Å². The minimum absolute atomic E-state index is 0.0294. The van der Waals surface area contributed by atoms with Gasteiger partial charge in [-0.25, -0.2) is 0 Å². The minimum Gasteiger partial charge on any atom is -0.375 e. The molecule has 3 rings (SSSR count). The highest BCUT2D eigenvalue weighted by atomic mass is 32.2. The van der Waals surface area contributed by atoms with Gasteiger partial charge in [-0.2, -0.15) is 0 Å². The Hall–Kier alpha value is -1.21. The Morgan fingerprint density at radius 2 is 2.09 bits per heavy atom. The molecule has 128 valence electrons. The van der Waals surface area contributed by atoms with E-state index in [0.29, 0.717) is 23.7 Å². The van der Waals surface area contributed by atoms with Crippen LogP contribution < -0.4 is 10.9 Å². The summed E-state index contributed by atoms with van der Waals surface area (Å²) in [5.74, 6) is 1.29. The van der Waals surface area contributed by atoms with E-state index in [1.807, 2.05) is 4.68 Å². The van der Waals surface area contributed by atoms with Gasteiger partial charge in [0.1, 0.15) is 5.82 Å². The number of hydrogen-bond acceptors (Lipinski definition) is 4. The van der Waals surface area contributed by atoms with E-state index in [2.05, 4.69) is 38.1 Å². The molecule has 0 aromatic carbocycles. The average Bonchev–Trinajstić information content (AvgIpc) is 2.65. The van der Waals surface area contributed by atoms with Crippen LogP contribution in [0.15, 0.2) is 4.79 Å². The van der Waals surface area contributed by atoms with Crippen LogP contribution in [0.25, 0.3) is 0 Å². The molecule has 1 saturated heterocycles. The van der Waals surface area contributed by atoms with Crippen LogP contribution in [0.2, 0.25) is 0 Å². The van der Waals surface area contributed by atoms with E-state index in [-0.39, 0.29) is 34.3 Å². The van der Waals surface area contributed by atoms with Crippen LogP contribution in [0.5, 0.6) is 0 Å². The van der Waals surface area contributed by atoms with Gasteiger partial charge in [-0.1, -0.05) is 13.8 Å². The largest absolute Gasteiger partial charge is 0.375 e. The summed E-state index contributed by atoms with van der Waals surface area (Å²) in [4.78, 5) is 24.7. The van der Waals surface area contributed by atoms with Crippen molar-refractivity contribution >= 4 is 23.5 Å². The predicted octanol–water partition coefficient (Wildman–Crippen LogP) is 2.69. The summed E-state index contributed by atoms with van der Waals surface area (Å²) in [7, 11) is 0. The second-order valence-electron chi connectivity index (χ2n) is 7.35. The maximum absolute atomic E-state index is 12.6. The molecule has 2 aliphatic heterocycles. The predicted molar refractivity (Wildman–Crippen MR) is 92.0 cm³/mol. The van der Waals surface area contributed by atoms with Crippen LogP contribution >= 0.6 is 11.8 Å². The number of fused-ring (bicyclic) bond motifs is 1. The summed E-state index contributed by atoms with van der Waals surface area (Å²) >= 11 is 1.55. The molecule has 2 atom stereocenters. The lowest BCUT2D eigenvalue weighted by atomic mass is 9.94. The van der Waals surface area contributed by atoms with Crippen molar-refractivity contribution in [1.82, 2.24) is 9.78 Å². The van der Waals surface area contributed by atoms with Gasteiger partial charge in [0.15, 0.2) is 0 Å². The van der Waals surface area contributed by atoms with Crippen LogP contribution in [-0.2, 0) is 9.53 Å². The third-order valence-corrected chi connectivity index (χ3v) is 6.11. The molecule has 0 radical (unpaired) electrons. The van der Waals surface area contributed by atoms with Gasteiger partial charge in [-0.3, -0.25) is 19.4 Å². The molecule has 1 aromatic rings. The third-order valence-electron chi connectivity index (χ3n) is 4.54. The standard InChI is InChI=1S/C16H25N3O3S/c1-9(2)13-12-14(17-11(20)8-23-13)19(18-15(12)21)10-5-6-22-16(3,4)7-10/h9-10,13H,5-8H2,1-4H3,(H,17,20)(H,18,21). The number of anilines is 1. The quantitative estimate of drug-likeness (QED) is 0.868. The highest BCUT2D eigenvalue weighted by Crippen LogP contribution is 2.42. The Morgan fingerprint density at radius 1 is 1.35 bits per heavy atom. The Balaban J connectivity index is 2.05. The molecule has 2 unspecified atom stereocenters. The van der Waals surface area contributed by atoms with Crippen molar-refractivity contribution in [1.29, 1.82) is 0 Å². The number of carbonyl (C=O) groups is 1. The van der Waals surface area contributed by atoms with Crippen LogP contribution in [0.4, 0.5) is 5.82 Å². The van der Waals surface area contributed by atoms with E-state index in [4.69, 9.17) is 4.74 Å². The maximum Gasteiger partial charge on any atom is 0.270 e. The number of aromatic amines is 1. The number of nitrogens with zero attached hydrogens (tertiary/aromatic N) is 1. The fourth-order valence-corrected chi connectivity index (χ4v) is 4.66. The van der Waals surface area contributed by atoms with Gasteiger partial charge in [-0.05, 0) is 32.6 Å². The molecule has 2 N–H and O–H groups in total. The lowest BCUT2D eigenvalue weighted by molar-refractivity contribution is -0.113. The zero-order chi connectivity index (χ0) is 16.8. The van der Waals surface area contributed by atoms with Gasteiger partial charge in [0.25, 0.3) is 5.56 Å². The lowest BCUT2D eigenvalue weighted by Gasteiger charge is -2.36. The zero-order valence-electron chi connectivity index (χ0n) is 14.1. The highest BCUT2D eigenvalue weighted by molar-refractivity contribution is 8.00. The summed E-state index contributed by atoms with van der Waals surface area (Å²) in [6.45, 7) is 8.95. The van der Waals surface area contributed by atoms with Gasteiger partial charge in [0.05, 0.1) is 23.0 Å². The number of rotatable bonds is 2. The average molecular weight is 339 g/mol. The summed E-state index contributed by atoms with van der Waals surface area (Å²) in [5.41, 5.74) is 0.399. The molecule has 0 bridgehead atoms. The first-order chi connectivity index (χ1) is 10.8. The molecule has 0 spiro atoms. The van der Waals surface area contributed by atoms with Crippen LogP contribution in [-0.4, -0.2) is 33.6 Å². The monoisotopic (exact) mass is 339 g/mol. The molecule has 1 amide bonds. The lowest BCUT2D eigenvalue weighted by Crippen LogP contribution is -2.36. The fraction of sp³-hybridized carbons (Fsp3) is 0.750. The maximum atomic E-state index is 12.6. The van der Waals surface area contributed by atoms with Crippen LogP contribution in [0.1, 0.15) is 57.4 Å².